The van der Waals surface area contributed by atoms with Crippen molar-refractivity contribution >= 4 is 5.78 Å². The molecule has 1 rings (SSSR count). The second kappa shape index (κ2) is 8.50. The molecular weight excluding hydrogens is 300 g/mol. The third-order valence-electron chi connectivity index (χ3n) is 5.00. The van der Waals surface area contributed by atoms with Gasteiger partial charge in [0.05, 0.1) is 11.7 Å². The minimum absolute atomic E-state index is 0.114. The molecule has 1 aliphatic heterocycles. The van der Waals surface area contributed by atoms with E-state index in [9.17, 15) is 20.1 Å². The third kappa shape index (κ3) is 4.49. The van der Waals surface area contributed by atoms with Gasteiger partial charge in [0.2, 0.25) is 0 Å². The SMILES string of the molecule is CCC(CC)C(=O)C(NC(N)(CC)CC)C1OC(O)C(O)C1O. The number of nitrogens with two attached hydrogens (primary N) is 1. The Bertz CT molecular complexity index is 385. The average molecular weight is 332 g/mol. The van der Waals surface area contributed by atoms with Gasteiger partial charge in [-0.2, -0.15) is 0 Å². The summed E-state index contributed by atoms with van der Waals surface area (Å²) in [6.07, 6.45) is -2.82. The minimum atomic E-state index is -1.51. The number of ether oxygens (including phenoxy) is 1. The summed E-state index contributed by atoms with van der Waals surface area (Å²) in [4.78, 5) is 12.9. The lowest BCUT2D eigenvalue weighted by Gasteiger charge is -2.37. The average Bonchev–Trinajstić information content (AvgIpc) is 2.80. The smallest absolute Gasteiger partial charge is 0.184 e. The topological polar surface area (TPSA) is 125 Å². The maximum Gasteiger partial charge on any atom is 0.184 e. The van der Waals surface area contributed by atoms with Crippen LogP contribution in [0.15, 0.2) is 0 Å². The number of carbonyl (C=O) groups excluding carboxylic acids is 1. The Kier molecular flexibility index (Phi) is 7.57. The number of hydrogen-bond acceptors (Lipinski definition) is 7. The number of Topliss-reactive ketones (excluding diaryl/α,β-unsaturated/α-hetero) is 1. The van der Waals surface area contributed by atoms with Crippen LogP contribution in [-0.2, 0) is 9.53 Å². The van der Waals surface area contributed by atoms with Gasteiger partial charge in [0.15, 0.2) is 12.1 Å². The summed E-state index contributed by atoms with van der Waals surface area (Å²) in [5.41, 5.74) is 5.49. The monoisotopic (exact) mass is 332 g/mol. The van der Waals surface area contributed by atoms with Gasteiger partial charge < -0.3 is 25.8 Å². The summed E-state index contributed by atoms with van der Waals surface area (Å²) >= 11 is 0. The van der Waals surface area contributed by atoms with Crippen molar-refractivity contribution in [2.45, 2.75) is 89.7 Å². The standard InChI is InChI=1S/C16H32N2O5/c1-5-9(6-2)11(19)10(18-16(17,7-3)8-4)14-12(20)13(21)15(22)23-14/h9-10,12-15,18,20-22H,5-8,17H2,1-4H3. The minimum Gasteiger partial charge on any atom is -0.387 e. The maximum absolute atomic E-state index is 12.9. The Hall–Kier alpha value is -0.570. The van der Waals surface area contributed by atoms with Crippen LogP contribution in [0.4, 0.5) is 0 Å². The van der Waals surface area contributed by atoms with Crippen LogP contribution in [0.5, 0.6) is 0 Å². The molecule has 5 unspecified atom stereocenters. The normalized spacial score (nSPS) is 30.0. The van der Waals surface area contributed by atoms with E-state index < -0.39 is 36.3 Å². The Morgan fingerprint density at radius 1 is 1.13 bits per heavy atom. The molecule has 0 saturated carbocycles. The van der Waals surface area contributed by atoms with Crippen LogP contribution in [0, 0.1) is 5.92 Å². The lowest BCUT2D eigenvalue weighted by molar-refractivity contribution is -0.145. The number of aliphatic hydroxyl groups excluding tert-OH is 3. The van der Waals surface area contributed by atoms with Gasteiger partial charge in [0.25, 0.3) is 0 Å². The van der Waals surface area contributed by atoms with Crippen molar-refractivity contribution < 1.29 is 24.9 Å². The molecule has 1 heterocycles. The second-order valence-corrected chi connectivity index (χ2v) is 6.37. The molecule has 5 atom stereocenters. The molecule has 1 saturated heterocycles. The quantitative estimate of drug-likeness (QED) is 0.372. The summed E-state index contributed by atoms with van der Waals surface area (Å²) in [5, 5.41) is 32.6. The number of ketones is 1. The van der Waals surface area contributed by atoms with Crippen LogP contribution >= 0.6 is 0 Å². The first-order valence-corrected chi connectivity index (χ1v) is 8.54. The molecule has 7 heteroatoms. The molecule has 6 N–H and O–H groups in total. The van der Waals surface area contributed by atoms with Crippen LogP contribution in [0.25, 0.3) is 0 Å². The first-order valence-electron chi connectivity index (χ1n) is 8.54. The van der Waals surface area contributed by atoms with E-state index in [1.165, 1.54) is 0 Å². The highest BCUT2D eigenvalue weighted by atomic mass is 16.6. The van der Waals surface area contributed by atoms with Crippen molar-refractivity contribution in [1.29, 1.82) is 0 Å². The van der Waals surface area contributed by atoms with Crippen LogP contribution in [0.3, 0.4) is 0 Å². The van der Waals surface area contributed by atoms with Gasteiger partial charge in [-0.15, -0.1) is 0 Å². The predicted molar refractivity (Wildman–Crippen MR) is 86.4 cm³/mol. The van der Waals surface area contributed by atoms with E-state index in [0.717, 1.165) is 0 Å². The predicted octanol–water partition coefficient (Wildman–Crippen LogP) is -0.136. The number of carbonyl (C=O) groups is 1. The van der Waals surface area contributed by atoms with Crippen molar-refractivity contribution in [3.63, 3.8) is 0 Å². The summed E-state index contributed by atoms with van der Waals surface area (Å²) < 4.78 is 5.26. The van der Waals surface area contributed by atoms with E-state index in [1.54, 1.807) is 0 Å². The molecular formula is C16H32N2O5. The molecule has 1 aliphatic rings. The lowest BCUT2D eigenvalue weighted by Crippen LogP contribution is -2.64. The fourth-order valence-electron chi connectivity index (χ4n) is 2.98. The fraction of sp³-hybridized carbons (Fsp3) is 0.938. The Balaban J connectivity index is 3.09. The zero-order valence-electron chi connectivity index (χ0n) is 14.5. The second-order valence-electron chi connectivity index (χ2n) is 6.37. The Labute approximate surface area is 138 Å². The number of rotatable bonds is 9. The summed E-state index contributed by atoms with van der Waals surface area (Å²) in [6.45, 7) is 7.66. The van der Waals surface area contributed by atoms with Crippen molar-refractivity contribution in [2.24, 2.45) is 11.7 Å². The van der Waals surface area contributed by atoms with E-state index in [-0.39, 0.29) is 11.7 Å². The summed E-state index contributed by atoms with van der Waals surface area (Å²) in [7, 11) is 0. The molecule has 0 aromatic carbocycles. The molecule has 0 aromatic rings. The number of hydrogen-bond donors (Lipinski definition) is 5. The van der Waals surface area contributed by atoms with Gasteiger partial charge in [-0.25, -0.2) is 0 Å². The van der Waals surface area contributed by atoms with E-state index in [0.29, 0.717) is 25.7 Å². The van der Waals surface area contributed by atoms with E-state index in [2.05, 4.69) is 5.32 Å². The largest absolute Gasteiger partial charge is 0.387 e. The van der Waals surface area contributed by atoms with Gasteiger partial charge in [-0.3, -0.25) is 10.1 Å². The highest BCUT2D eigenvalue weighted by Crippen LogP contribution is 2.27. The molecule has 23 heavy (non-hydrogen) atoms. The molecule has 0 amide bonds. The summed E-state index contributed by atoms with van der Waals surface area (Å²) in [6, 6.07) is -0.883. The van der Waals surface area contributed by atoms with Crippen molar-refractivity contribution in [3.05, 3.63) is 0 Å². The van der Waals surface area contributed by atoms with Gasteiger partial charge in [-0.05, 0) is 25.7 Å². The molecule has 0 aliphatic carbocycles. The van der Waals surface area contributed by atoms with Crippen LogP contribution in [0.1, 0.15) is 53.4 Å². The van der Waals surface area contributed by atoms with E-state index in [1.807, 2.05) is 27.7 Å². The highest BCUT2D eigenvalue weighted by Gasteiger charge is 2.49. The summed E-state index contributed by atoms with van der Waals surface area (Å²) in [5.74, 6) is -0.312. The number of nitrogens with one attached hydrogen (secondary N) is 1. The van der Waals surface area contributed by atoms with Crippen molar-refractivity contribution in [3.8, 4) is 0 Å². The molecule has 0 radical (unpaired) electrons. The maximum atomic E-state index is 12.9. The zero-order valence-corrected chi connectivity index (χ0v) is 14.5. The molecule has 0 aromatic heterocycles. The fourth-order valence-corrected chi connectivity index (χ4v) is 2.98. The van der Waals surface area contributed by atoms with E-state index >= 15 is 0 Å². The molecule has 0 bridgehead atoms. The Morgan fingerprint density at radius 2 is 1.65 bits per heavy atom. The van der Waals surface area contributed by atoms with Crippen LogP contribution < -0.4 is 11.1 Å². The molecule has 0 spiro atoms. The third-order valence-corrected chi connectivity index (χ3v) is 5.00. The highest BCUT2D eigenvalue weighted by molar-refractivity contribution is 5.87. The van der Waals surface area contributed by atoms with Crippen molar-refractivity contribution in [1.82, 2.24) is 5.32 Å². The van der Waals surface area contributed by atoms with Crippen LogP contribution in [0.2, 0.25) is 0 Å². The first kappa shape index (κ1) is 20.5. The number of aliphatic hydroxyl groups is 3. The van der Waals surface area contributed by atoms with Gasteiger partial charge in [0, 0.05) is 5.92 Å². The zero-order chi connectivity index (χ0) is 17.8. The van der Waals surface area contributed by atoms with Crippen molar-refractivity contribution in [2.75, 3.05) is 0 Å². The first-order chi connectivity index (χ1) is 10.7. The van der Waals surface area contributed by atoms with Gasteiger partial charge in [0.1, 0.15) is 18.3 Å². The van der Waals surface area contributed by atoms with Gasteiger partial charge >= 0.3 is 0 Å². The van der Waals surface area contributed by atoms with E-state index in [4.69, 9.17) is 10.5 Å². The van der Waals surface area contributed by atoms with Crippen LogP contribution in [-0.4, -0.2) is 57.4 Å². The molecule has 7 nitrogen and oxygen atoms in total. The molecule has 1 fully saturated rings. The Morgan fingerprint density at radius 3 is 2.00 bits per heavy atom. The molecule has 136 valence electrons. The van der Waals surface area contributed by atoms with Gasteiger partial charge in [-0.1, -0.05) is 27.7 Å². The lowest BCUT2D eigenvalue weighted by atomic mass is 9.87.